The van der Waals surface area contributed by atoms with E-state index in [9.17, 15) is 13.2 Å². The van der Waals surface area contributed by atoms with Gasteiger partial charge in [-0.2, -0.15) is 4.31 Å². The lowest BCUT2D eigenvalue weighted by Gasteiger charge is -2.44. The maximum absolute atomic E-state index is 13.3. The summed E-state index contributed by atoms with van der Waals surface area (Å²) in [6.45, 7) is 5.26. The Labute approximate surface area is 277 Å². The zero-order valence-corrected chi connectivity index (χ0v) is 28.4. The van der Waals surface area contributed by atoms with E-state index in [0.717, 1.165) is 58.3 Å². The number of halogens is 3. The lowest BCUT2D eigenvalue weighted by Crippen LogP contribution is -2.48. The fraction of sp³-hybridized carbons (Fsp3) is 0.594. The first-order valence-electron chi connectivity index (χ1n) is 15.6. The van der Waals surface area contributed by atoms with Crippen LogP contribution in [-0.4, -0.2) is 94.0 Å². The highest BCUT2D eigenvalue weighted by Crippen LogP contribution is 2.39. The summed E-state index contributed by atoms with van der Waals surface area (Å²) in [5.74, 6) is 0.414. The Morgan fingerprint density at radius 2 is 1.61 bits per heavy atom. The van der Waals surface area contributed by atoms with E-state index in [-0.39, 0.29) is 51.0 Å². The first-order chi connectivity index (χ1) is 21.1. The number of likely N-dealkylation sites (N-methyl/N-ethyl adjacent to an activating group) is 1. The summed E-state index contributed by atoms with van der Waals surface area (Å²) in [7, 11) is -1.71. The van der Waals surface area contributed by atoms with E-state index in [2.05, 4.69) is 52.5 Å². The van der Waals surface area contributed by atoms with Gasteiger partial charge >= 0.3 is 0 Å². The second-order valence-corrected chi connectivity index (χ2v) is 15.6. The summed E-state index contributed by atoms with van der Waals surface area (Å²) >= 11 is 18.4. The largest absolute Gasteiger partial charge is 0.371 e. The van der Waals surface area contributed by atoms with Crippen molar-refractivity contribution in [3.05, 3.63) is 63.1 Å². The zero-order valence-electron chi connectivity index (χ0n) is 25.3. The second-order valence-electron chi connectivity index (χ2n) is 12.5. The molecule has 0 spiro atoms. The van der Waals surface area contributed by atoms with Crippen LogP contribution in [-0.2, 0) is 19.6 Å². The van der Waals surface area contributed by atoms with Gasteiger partial charge in [0.2, 0.25) is 15.9 Å². The van der Waals surface area contributed by atoms with Gasteiger partial charge in [-0.1, -0.05) is 65.1 Å². The molecule has 2 aromatic rings. The Kier molecular flexibility index (Phi) is 11.9. The van der Waals surface area contributed by atoms with Gasteiger partial charge in [0.1, 0.15) is 11.5 Å². The monoisotopic (exact) mass is 684 g/mol. The molecule has 1 N–H and O–H groups in total. The fourth-order valence-corrected chi connectivity index (χ4v) is 10.0. The lowest BCUT2D eigenvalue weighted by molar-refractivity contribution is -0.127. The number of sulfonamides is 1. The predicted molar refractivity (Wildman–Crippen MR) is 176 cm³/mol. The van der Waals surface area contributed by atoms with Gasteiger partial charge in [0.25, 0.3) is 0 Å². The highest BCUT2D eigenvalue weighted by Gasteiger charge is 2.35. The van der Waals surface area contributed by atoms with Crippen molar-refractivity contribution in [1.82, 2.24) is 19.4 Å². The minimum atomic E-state index is -3.90. The Morgan fingerprint density at radius 1 is 0.955 bits per heavy atom. The number of hydrogen-bond acceptors (Lipinski definition) is 6. The number of amides is 1. The summed E-state index contributed by atoms with van der Waals surface area (Å²) in [5.41, 5.74) is 1.39. The van der Waals surface area contributed by atoms with Crippen molar-refractivity contribution in [2.45, 2.75) is 55.5 Å². The number of carbonyl (C=O) groups excluding carboxylic acids is 1. The van der Waals surface area contributed by atoms with Crippen molar-refractivity contribution >= 4 is 50.7 Å². The van der Waals surface area contributed by atoms with Crippen LogP contribution in [0.15, 0.2) is 47.4 Å². The maximum atomic E-state index is 13.3. The summed E-state index contributed by atoms with van der Waals surface area (Å²) in [6, 6.07) is 14.2. The van der Waals surface area contributed by atoms with Gasteiger partial charge in [-0.15, -0.1) is 0 Å². The molecule has 3 aliphatic rings. The van der Waals surface area contributed by atoms with E-state index in [1.165, 1.54) is 22.0 Å². The molecule has 0 radical (unpaired) electrons. The Hall–Kier alpha value is -1.43. The number of hydrogen-bond donors (Lipinski definition) is 1. The predicted octanol–water partition coefficient (Wildman–Crippen LogP) is 5.73. The number of nitrogens with zero attached hydrogens (tertiary/aromatic N) is 3. The van der Waals surface area contributed by atoms with Gasteiger partial charge in [-0.05, 0) is 75.1 Å². The van der Waals surface area contributed by atoms with E-state index in [1.54, 1.807) is 0 Å². The minimum absolute atomic E-state index is 0.00138. The third kappa shape index (κ3) is 8.48. The number of nitrogens with one attached hydrogen (secondary N) is 1. The zero-order chi connectivity index (χ0) is 31.3. The van der Waals surface area contributed by atoms with Crippen LogP contribution in [0.3, 0.4) is 0 Å². The molecule has 0 bridgehead atoms. The molecule has 1 saturated carbocycles. The molecule has 44 heavy (non-hydrogen) atoms. The highest BCUT2D eigenvalue weighted by atomic mass is 35.5. The average Bonchev–Trinajstić information content (AvgIpc) is 2.99. The molecule has 242 valence electrons. The lowest BCUT2D eigenvalue weighted by atomic mass is 9.78. The van der Waals surface area contributed by atoms with Crippen molar-refractivity contribution in [3.63, 3.8) is 0 Å². The number of ether oxygens (including phenoxy) is 1. The highest BCUT2D eigenvalue weighted by molar-refractivity contribution is 7.89. The van der Waals surface area contributed by atoms with E-state index in [1.807, 2.05) is 0 Å². The second kappa shape index (κ2) is 15.4. The SMILES string of the molecule is CN1CCN(C(c2ccccc2)C2CCC(NC(=O)COCC3CCCN(S(=O)(=O)c4c(Cl)cc(Cl)cc4Cl)C3)CC2)CC1. The standard InChI is InChI=1S/C32H43Cl3N4O4S/c1-37-14-16-38(17-15-37)31(24-7-3-2-4-8-24)25-9-11-27(12-10-25)36-30(40)22-43-21-23-6-5-13-39(20-23)44(41,42)32-28(34)18-26(33)19-29(32)35/h2-4,7-8,18-19,23,25,27,31H,5-6,9-17,20-22H2,1H3,(H,36,40). The van der Waals surface area contributed by atoms with E-state index >= 15 is 0 Å². The molecule has 3 fully saturated rings. The molecule has 0 aromatic heterocycles. The fourth-order valence-electron chi connectivity index (χ4n) is 6.98. The van der Waals surface area contributed by atoms with Crippen LogP contribution in [0, 0.1) is 11.8 Å². The summed E-state index contributed by atoms with van der Waals surface area (Å²) < 4.78 is 33.9. The molecule has 1 amide bonds. The van der Waals surface area contributed by atoms with Gasteiger partial charge in [0, 0.05) is 56.4 Å². The molecule has 8 nitrogen and oxygen atoms in total. The molecule has 12 heteroatoms. The van der Waals surface area contributed by atoms with Crippen LogP contribution in [0.1, 0.15) is 50.1 Å². The Balaban J connectivity index is 1.07. The van der Waals surface area contributed by atoms with Gasteiger partial charge < -0.3 is 15.0 Å². The molecule has 1 aliphatic carbocycles. The number of piperazine rings is 1. The molecule has 2 aromatic carbocycles. The maximum Gasteiger partial charge on any atom is 0.246 e. The van der Waals surface area contributed by atoms with Gasteiger partial charge in [0.05, 0.1) is 16.7 Å². The summed E-state index contributed by atoms with van der Waals surface area (Å²) in [6.07, 6.45) is 5.56. The quantitative estimate of drug-likeness (QED) is 0.344. The van der Waals surface area contributed by atoms with Crippen LogP contribution in [0.5, 0.6) is 0 Å². The van der Waals surface area contributed by atoms with Crippen LogP contribution in [0.25, 0.3) is 0 Å². The Morgan fingerprint density at radius 3 is 2.27 bits per heavy atom. The minimum Gasteiger partial charge on any atom is -0.371 e. The molecule has 2 aliphatic heterocycles. The van der Waals surface area contributed by atoms with Gasteiger partial charge in [-0.25, -0.2) is 8.42 Å². The molecular formula is C32H43Cl3N4O4S. The smallest absolute Gasteiger partial charge is 0.246 e. The van der Waals surface area contributed by atoms with Crippen molar-refractivity contribution in [1.29, 1.82) is 0 Å². The first kappa shape index (κ1) is 33.9. The Bertz CT molecular complexity index is 1340. The van der Waals surface area contributed by atoms with Crippen LogP contribution in [0.2, 0.25) is 15.1 Å². The molecule has 2 saturated heterocycles. The van der Waals surface area contributed by atoms with Crippen molar-refractivity contribution < 1.29 is 17.9 Å². The average molecular weight is 686 g/mol. The molecule has 2 unspecified atom stereocenters. The van der Waals surface area contributed by atoms with Crippen molar-refractivity contribution in [3.8, 4) is 0 Å². The number of carbonyl (C=O) groups is 1. The van der Waals surface area contributed by atoms with E-state index in [0.29, 0.717) is 31.5 Å². The van der Waals surface area contributed by atoms with Crippen LogP contribution in [0.4, 0.5) is 0 Å². The topological polar surface area (TPSA) is 82.2 Å². The van der Waals surface area contributed by atoms with E-state index in [4.69, 9.17) is 39.5 Å². The van der Waals surface area contributed by atoms with Gasteiger partial charge in [-0.3, -0.25) is 9.69 Å². The number of benzene rings is 2. The molecular weight excluding hydrogens is 643 g/mol. The first-order valence-corrected chi connectivity index (χ1v) is 18.2. The number of rotatable bonds is 10. The molecule has 5 rings (SSSR count). The van der Waals surface area contributed by atoms with Crippen molar-refractivity contribution in [2.24, 2.45) is 11.8 Å². The van der Waals surface area contributed by atoms with Crippen LogP contribution >= 0.6 is 34.8 Å². The third-order valence-corrected chi connectivity index (χ3v) is 12.3. The summed E-state index contributed by atoms with van der Waals surface area (Å²) in [4.78, 5) is 17.7. The molecule has 2 heterocycles. The number of piperidine rings is 1. The third-order valence-electron chi connectivity index (χ3n) is 9.29. The van der Waals surface area contributed by atoms with Gasteiger partial charge in [0.15, 0.2) is 0 Å². The normalized spacial score (nSPS) is 25.0. The summed E-state index contributed by atoms with van der Waals surface area (Å²) in [5, 5.41) is 3.46. The van der Waals surface area contributed by atoms with E-state index < -0.39 is 10.0 Å². The molecule has 2 atom stereocenters. The van der Waals surface area contributed by atoms with Crippen LogP contribution < -0.4 is 5.32 Å². The van der Waals surface area contributed by atoms with Crippen molar-refractivity contribution in [2.75, 3.05) is 59.5 Å².